The highest BCUT2D eigenvalue weighted by molar-refractivity contribution is 6.02. The number of anilines is 1. The first-order valence-corrected chi connectivity index (χ1v) is 14.3. The lowest BCUT2D eigenvalue weighted by atomic mass is 10.0. The largest absolute Gasteiger partial charge is 0.481 e. The van der Waals surface area contributed by atoms with Crippen molar-refractivity contribution in [3.05, 3.63) is 95.6 Å². The minimum absolute atomic E-state index is 0.132. The van der Waals surface area contributed by atoms with Crippen molar-refractivity contribution < 1.29 is 32.6 Å². The first kappa shape index (κ1) is 30.1. The Bertz CT molecular complexity index is 1430. The minimum Gasteiger partial charge on any atom is -0.481 e. The number of nitrogens with zero attached hydrogens (tertiary/aromatic N) is 2. The number of nitrogens with one attached hydrogen (secondary N) is 2. The molecule has 0 saturated carbocycles. The Hall–Kier alpha value is -4.35. The standard InChI is InChI=1S/C32H34F2N4O5/c1-21(35-28(39)19-22-17-24(33)20-25(34)18-22)31(40)36-29-30(23-7-3-2-4-8-23)43-27-10-6-5-9-26(27)38(32(29)41)12-11-37-13-15-42-16-14-37/h2-10,17-18,20-21,29-30H,11-16,19H2,1H3,(H,35,39)(H,36,40)/t21-,29+,30+/m0/s1. The zero-order chi connectivity index (χ0) is 30.3. The first-order chi connectivity index (χ1) is 20.8. The molecule has 11 heteroatoms. The number of carbonyl (C=O) groups excluding carboxylic acids is 3. The van der Waals surface area contributed by atoms with Crippen LogP contribution in [0.4, 0.5) is 14.5 Å². The number of ether oxygens (including phenoxy) is 2. The van der Waals surface area contributed by atoms with Gasteiger partial charge in [-0.1, -0.05) is 42.5 Å². The second kappa shape index (κ2) is 13.7. The van der Waals surface area contributed by atoms with Crippen LogP contribution in [0, 0.1) is 11.6 Å². The summed E-state index contributed by atoms with van der Waals surface area (Å²) in [5, 5.41) is 5.38. The first-order valence-electron chi connectivity index (χ1n) is 14.3. The van der Waals surface area contributed by atoms with E-state index in [4.69, 9.17) is 9.47 Å². The van der Waals surface area contributed by atoms with E-state index in [1.807, 2.05) is 48.5 Å². The van der Waals surface area contributed by atoms with Crippen LogP contribution in [0.15, 0.2) is 72.8 Å². The molecule has 226 valence electrons. The molecule has 2 aliphatic heterocycles. The normalized spacial score (nSPS) is 19.5. The molecule has 3 atom stereocenters. The van der Waals surface area contributed by atoms with Crippen molar-refractivity contribution in [2.24, 2.45) is 0 Å². The smallest absolute Gasteiger partial charge is 0.253 e. The monoisotopic (exact) mass is 592 g/mol. The number of amides is 3. The molecule has 2 heterocycles. The molecule has 5 rings (SSSR count). The Morgan fingerprint density at radius 3 is 2.35 bits per heavy atom. The molecule has 3 aromatic rings. The number of carbonyl (C=O) groups is 3. The lowest BCUT2D eigenvalue weighted by molar-refractivity contribution is -0.132. The van der Waals surface area contributed by atoms with Crippen LogP contribution in [0.2, 0.25) is 0 Å². The second-order valence-corrected chi connectivity index (χ2v) is 10.6. The van der Waals surface area contributed by atoms with Gasteiger partial charge >= 0.3 is 0 Å². The van der Waals surface area contributed by atoms with Gasteiger partial charge < -0.3 is 25.0 Å². The summed E-state index contributed by atoms with van der Waals surface area (Å²) in [4.78, 5) is 44.2. The van der Waals surface area contributed by atoms with Crippen LogP contribution in [0.3, 0.4) is 0 Å². The second-order valence-electron chi connectivity index (χ2n) is 10.6. The van der Waals surface area contributed by atoms with Crippen LogP contribution in [-0.4, -0.2) is 74.1 Å². The molecule has 0 aromatic heterocycles. The van der Waals surface area contributed by atoms with Crippen molar-refractivity contribution >= 4 is 23.4 Å². The average Bonchev–Trinajstić information content (AvgIpc) is 3.10. The molecule has 43 heavy (non-hydrogen) atoms. The maximum atomic E-state index is 14.3. The third kappa shape index (κ3) is 7.54. The van der Waals surface area contributed by atoms with Gasteiger partial charge in [0.05, 0.1) is 25.3 Å². The van der Waals surface area contributed by atoms with Gasteiger partial charge in [-0.05, 0) is 42.3 Å². The van der Waals surface area contributed by atoms with Crippen LogP contribution < -0.4 is 20.3 Å². The van der Waals surface area contributed by atoms with Crippen molar-refractivity contribution in [2.75, 3.05) is 44.3 Å². The molecular formula is C32H34F2N4O5. The number of rotatable bonds is 9. The highest BCUT2D eigenvalue weighted by atomic mass is 19.1. The highest BCUT2D eigenvalue weighted by Gasteiger charge is 2.41. The van der Waals surface area contributed by atoms with E-state index >= 15 is 0 Å². The number of hydrogen-bond donors (Lipinski definition) is 2. The fourth-order valence-electron chi connectivity index (χ4n) is 5.27. The molecule has 0 bridgehead atoms. The van der Waals surface area contributed by atoms with Crippen LogP contribution in [0.25, 0.3) is 0 Å². The molecule has 9 nitrogen and oxygen atoms in total. The molecule has 3 amide bonds. The van der Waals surface area contributed by atoms with E-state index in [0.717, 1.165) is 31.3 Å². The van der Waals surface area contributed by atoms with E-state index in [1.165, 1.54) is 6.92 Å². The lowest BCUT2D eigenvalue weighted by Gasteiger charge is -2.31. The molecule has 1 saturated heterocycles. The summed E-state index contributed by atoms with van der Waals surface area (Å²) in [6.07, 6.45) is -1.18. The van der Waals surface area contributed by atoms with Gasteiger partial charge in [-0.3, -0.25) is 19.3 Å². The van der Waals surface area contributed by atoms with E-state index in [-0.39, 0.29) is 17.9 Å². The molecule has 0 spiro atoms. The fourth-order valence-corrected chi connectivity index (χ4v) is 5.27. The van der Waals surface area contributed by atoms with Gasteiger partial charge in [-0.2, -0.15) is 0 Å². The van der Waals surface area contributed by atoms with Crippen LogP contribution in [0.5, 0.6) is 5.75 Å². The van der Waals surface area contributed by atoms with Gasteiger partial charge in [0, 0.05) is 32.2 Å². The number of fused-ring (bicyclic) bond motifs is 1. The Morgan fingerprint density at radius 1 is 0.953 bits per heavy atom. The molecular weight excluding hydrogens is 558 g/mol. The summed E-state index contributed by atoms with van der Waals surface area (Å²) in [6, 6.07) is 17.1. The van der Waals surface area contributed by atoms with Crippen molar-refractivity contribution in [3.63, 3.8) is 0 Å². The Morgan fingerprint density at radius 2 is 1.63 bits per heavy atom. The third-order valence-electron chi connectivity index (χ3n) is 7.47. The number of halogens is 2. The summed E-state index contributed by atoms with van der Waals surface area (Å²) < 4.78 is 39.0. The third-order valence-corrected chi connectivity index (χ3v) is 7.47. The van der Waals surface area contributed by atoms with Crippen molar-refractivity contribution in [1.82, 2.24) is 15.5 Å². The summed E-state index contributed by atoms with van der Waals surface area (Å²) in [5.41, 5.74) is 1.42. The van der Waals surface area contributed by atoms with Crippen LogP contribution in [-0.2, 0) is 25.5 Å². The number of benzene rings is 3. The maximum absolute atomic E-state index is 14.3. The van der Waals surface area contributed by atoms with Crippen molar-refractivity contribution in [1.29, 1.82) is 0 Å². The van der Waals surface area contributed by atoms with Gasteiger partial charge in [0.1, 0.15) is 29.5 Å². The quantitative estimate of drug-likeness (QED) is 0.397. The van der Waals surface area contributed by atoms with Gasteiger partial charge in [-0.15, -0.1) is 0 Å². The number of morpholine rings is 1. The molecule has 0 radical (unpaired) electrons. The Labute approximate surface area is 248 Å². The van der Waals surface area contributed by atoms with E-state index in [2.05, 4.69) is 15.5 Å². The average molecular weight is 593 g/mol. The molecule has 3 aromatic carbocycles. The number of para-hydroxylation sites is 2. The van der Waals surface area contributed by atoms with E-state index < -0.39 is 41.6 Å². The summed E-state index contributed by atoms with van der Waals surface area (Å²) in [7, 11) is 0. The highest BCUT2D eigenvalue weighted by Crippen LogP contribution is 2.37. The van der Waals surface area contributed by atoms with E-state index in [9.17, 15) is 23.2 Å². The van der Waals surface area contributed by atoms with Crippen molar-refractivity contribution in [2.45, 2.75) is 31.5 Å². The summed E-state index contributed by atoms with van der Waals surface area (Å²) in [6.45, 7) is 5.21. The molecule has 0 unspecified atom stereocenters. The van der Waals surface area contributed by atoms with Crippen molar-refractivity contribution in [3.8, 4) is 5.75 Å². The van der Waals surface area contributed by atoms with Crippen LogP contribution in [0.1, 0.15) is 24.2 Å². The lowest BCUT2D eigenvalue weighted by Crippen LogP contribution is -2.56. The van der Waals surface area contributed by atoms with E-state index in [0.29, 0.717) is 43.3 Å². The van der Waals surface area contributed by atoms with Gasteiger partial charge in [0.25, 0.3) is 5.91 Å². The Kier molecular flexibility index (Phi) is 9.63. The molecule has 1 fully saturated rings. The predicted octanol–water partition coefficient (Wildman–Crippen LogP) is 3.00. The molecule has 2 N–H and O–H groups in total. The minimum atomic E-state index is -1.12. The zero-order valence-electron chi connectivity index (χ0n) is 23.8. The summed E-state index contributed by atoms with van der Waals surface area (Å²) >= 11 is 0. The molecule has 2 aliphatic rings. The van der Waals surface area contributed by atoms with Gasteiger partial charge in [0.15, 0.2) is 6.10 Å². The maximum Gasteiger partial charge on any atom is 0.253 e. The van der Waals surface area contributed by atoms with E-state index in [1.54, 1.807) is 11.0 Å². The predicted molar refractivity (Wildman–Crippen MR) is 155 cm³/mol. The Balaban J connectivity index is 1.36. The van der Waals surface area contributed by atoms with Gasteiger partial charge in [-0.25, -0.2) is 8.78 Å². The van der Waals surface area contributed by atoms with Crippen LogP contribution >= 0.6 is 0 Å². The molecule has 0 aliphatic carbocycles. The zero-order valence-corrected chi connectivity index (χ0v) is 23.8. The SMILES string of the molecule is C[C@H](NC(=O)Cc1cc(F)cc(F)c1)C(=O)N[C@H]1C(=O)N(CCN2CCOCC2)c2ccccc2O[C@@H]1c1ccccc1. The topological polar surface area (TPSA) is 100 Å². The number of hydrogen-bond acceptors (Lipinski definition) is 6. The fraction of sp³-hybridized carbons (Fsp3) is 0.344. The van der Waals surface area contributed by atoms with Gasteiger partial charge in [0.2, 0.25) is 11.8 Å². The summed E-state index contributed by atoms with van der Waals surface area (Å²) in [5.74, 6) is -2.66.